The molecule has 4 nitrogen and oxygen atoms in total. The van der Waals surface area contributed by atoms with E-state index >= 15 is 0 Å². The first-order chi connectivity index (χ1) is 5.87. The van der Waals surface area contributed by atoms with E-state index in [0.717, 1.165) is 6.42 Å². The summed E-state index contributed by atoms with van der Waals surface area (Å²) >= 11 is 0. The number of hydrogen-bond acceptors (Lipinski definition) is 4. The standard InChI is InChI=1S/C9H19NO3/c1-9(2,3)4-5-13-8(12)7(11)6-10/h7,11H,4-6,10H2,1-3H3. The highest BCUT2D eigenvalue weighted by Crippen LogP contribution is 2.17. The van der Waals surface area contributed by atoms with Gasteiger partial charge in [0.2, 0.25) is 0 Å². The molecule has 0 aliphatic rings. The van der Waals surface area contributed by atoms with Gasteiger partial charge in [-0.2, -0.15) is 0 Å². The summed E-state index contributed by atoms with van der Waals surface area (Å²) in [5.41, 5.74) is 5.21. The molecule has 78 valence electrons. The topological polar surface area (TPSA) is 72.5 Å². The minimum Gasteiger partial charge on any atom is -0.464 e. The zero-order valence-electron chi connectivity index (χ0n) is 8.54. The van der Waals surface area contributed by atoms with Gasteiger partial charge in [0, 0.05) is 6.54 Å². The van der Waals surface area contributed by atoms with Gasteiger partial charge in [-0.3, -0.25) is 0 Å². The molecule has 0 saturated heterocycles. The highest BCUT2D eigenvalue weighted by molar-refractivity contribution is 5.74. The molecule has 0 bridgehead atoms. The lowest BCUT2D eigenvalue weighted by Crippen LogP contribution is -2.31. The monoisotopic (exact) mass is 189 g/mol. The van der Waals surface area contributed by atoms with Gasteiger partial charge in [-0.1, -0.05) is 20.8 Å². The van der Waals surface area contributed by atoms with Gasteiger partial charge in [-0.05, 0) is 11.8 Å². The van der Waals surface area contributed by atoms with Crippen LogP contribution in [0.2, 0.25) is 0 Å². The maximum Gasteiger partial charge on any atom is 0.336 e. The van der Waals surface area contributed by atoms with E-state index in [-0.39, 0.29) is 12.0 Å². The third-order valence-electron chi connectivity index (χ3n) is 1.59. The molecule has 0 spiro atoms. The predicted octanol–water partition coefficient (Wildman–Crippen LogP) is 0.285. The summed E-state index contributed by atoms with van der Waals surface area (Å²) in [5.74, 6) is -0.633. The van der Waals surface area contributed by atoms with Crippen LogP contribution in [0.3, 0.4) is 0 Å². The van der Waals surface area contributed by atoms with Gasteiger partial charge in [0.05, 0.1) is 6.61 Å². The predicted molar refractivity (Wildman–Crippen MR) is 50.1 cm³/mol. The average Bonchev–Trinajstić information content (AvgIpc) is 2.00. The van der Waals surface area contributed by atoms with Crippen LogP contribution in [0, 0.1) is 5.41 Å². The number of hydrogen-bond donors (Lipinski definition) is 2. The maximum absolute atomic E-state index is 10.9. The first kappa shape index (κ1) is 12.4. The smallest absolute Gasteiger partial charge is 0.336 e. The van der Waals surface area contributed by atoms with Crippen LogP contribution in [0.15, 0.2) is 0 Å². The van der Waals surface area contributed by atoms with Crippen LogP contribution in [0.5, 0.6) is 0 Å². The van der Waals surface area contributed by atoms with E-state index in [0.29, 0.717) is 6.61 Å². The van der Waals surface area contributed by atoms with Gasteiger partial charge in [0.15, 0.2) is 6.10 Å². The number of rotatable bonds is 4. The molecule has 0 radical (unpaired) electrons. The molecule has 4 heteroatoms. The van der Waals surface area contributed by atoms with Crippen molar-refractivity contribution in [2.45, 2.75) is 33.3 Å². The van der Waals surface area contributed by atoms with Crippen LogP contribution in [0.4, 0.5) is 0 Å². The second kappa shape index (κ2) is 5.19. The SMILES string of the molecule is CC(C)(C)CCOC(=O)C(O)CN. The second-order valence-corrected chi connectivity index (χ2v) is 4.23. The Bertz CT molecular complexity index is 163. The van der Waals surface area contributed by atoms with E-state index in [1.54, 1.807) is 0 Å². The zero-order chi connectivity index (χ0) is 10.5. The summed E-state index contributed by atoms with van der Waals surface area (Å²) in [7, 11) is 0. The van der Waals surface area contributed by atoms with E-state index in [4.69, 9.17) is 15.6 Å². The van der Waals surface area contributed by atoms with Crippen LogP contribution in [-0.4, -0.2) is 30.3 Å². The van der Waals surface area contributed by atoms with E-state index in [1.165, 1.54) is 0 Å². The Morgan fingerprint density at radius 1 is 1.54 bits per heavy atom. The van der Waals surface area contributed by atoms with E-state index in [2.05, 4.69) is 20.8 Å². The largest absolute Gasteiger partial charge is 0.464 e. The molecular formula is C9H19NO3. The lowest BCUT2D eigenvalue weighted by atomic mass is 9.93. The van der Waals surface area contributed by atoms with Crippen LogP contribution in [-0.2, 0) is 9.53 Å². The quantitative estimate of drug-likeness (QED) is 0.623. The van der Waals surface area contributed by atoms with Gasteiger partial charge >= 0.3 is 5.97 Å². The summed E-state index contributed by atoms with van der Waals surface area (Å²) in [6.07, 6.45) is -0.407. The Kier molecular flexibility index (Phi) is 4.95. The number of nitrogens with two attached hydrogens (primary N) is 1. The molecule has 0 saturated carbocycles. The van der Waals surface area contributed by atoms with Crippen molar-refractivity contribution < 1.29 is 14.6 Å². The van der Waals surface area contributed by atoms with Crippen molar-refractivity contribution >= 4 is 5.97 Å². The van der Waals surface area contributed by atoms with Gasteiger partial charge in [-0.15, -0.1) is 0 Å². The molecule has 0 amide bonds. The van der Waals surface area contributed by atoms with Crippen LogP contribution in [0.1, 0.15) is 27.2 Å². The van der Waals surface area contributed by atoms with E-state index in [9.17, 15) is 4.79 Å². The fourth-order valence-electron chi connectivity index (χ4n) is 0.650. The normalized spacial score (nSPS) is 13.9. The van der Waals surface area contributed by atoms with Crippen LogP contribution < -0.4 is 5.73 Å². The van der Waals surface area contributed by atoms with Crippen molar-refractivity contribution in [3.05, 3.63) is 0 Å². The Morgan fingerprint density at radius 3 is 2.46 bits per heavy atom. The van der Waals surface area contributed by atoms with E-state index in [1.807, 2.05) is 0 Å². The second-order valence-electron chi connectivity index (χ2n) is 4.23. The summed E-state index contributed by atoms with van der Waals surface area (Å²) in [6, 6.07) is 0. The number of carbonyl (C=O) groups is 1. The number of aliphatic hydroxyl groups excluding tert-OH is 1. The lowest BCUT2D eigenvalue weighted by molar-refractivity contribution is -0.153. The third-order valence-corrected chi connectivity index (χ3v) is 1.59. The molecule has 3 N–H and O–H groups in total. The molecule has 0 heterocycles. The van der Waals surface area contributed by atoms with Crippen LogP contribution in [0.25, 0.3) is 0 Å². The van der Waals surface area contributed by atoms with Crippen molar-refractivity contribution in [2.24, 2.45) is 11.1 Å². The van der Waals surface area contributed by atoms with Gasteiger partial charge in [0.25, 0.3) is 0 Å². The number of ether oxygens (including phenoxy) is 1. The van der Waals surface area contributed by atoms with Gasteiger partial charge < -0.3 is 15.6 Å². The van der Waals surface area contributed by atoms with Gasteiger partial charge in [0.1, 0.15) is 0 Å². The average molecular weight is 189 g/mol. The highest BCUT2D eigenvalue weighted by Gasteiger charge is 2.16. The molecule has 0 aromatic heterocycles. The molecule has 0 aliphatic heterocycles. The van der Waals surface area contributed by atoms with Crippen molar-refractivity contribution in [2.75, 3.05) is 13.2 Å². The molecular weight excluding hydrogens is 170 g/mol. The van der Waals surface area contributed by atoms with Crippen molar-refractivity contribution in [1.82, 2.24) is 0 Å². The minimum atomic E-state index is -1.18. The lowest BCUT2D eigenvalue weighted by Gasteiger charge is -2.18. The summed E-state index contributed by atoms with van der Waals surface area (Å²) in [4.78, 5) is 10.9. The third kappa shape index (κ3) is 6.54. The molecule has 0 aromatic rings. The van der Waals surface area contributed by atoms with Crippen LogP contribution >= 0.6 is 0 Å². The Morgan fingerprint density at radius 2 is 2.08 bits per heavy atom. The first-order valence-electron chi connectivity index (χ1n) is 4.41. The number of carbonyl (C=O) groups excluding carboxylic acids is 1. The van der Waals surface area contributed by atoms with E-state index < -0.39 is 12.1 Å². The Labute approximate surface area is 79.1 Å². The van der Waals surface area contributed by atoms with Crippen molar-refractivity contribution in [3.63, 3.8) is 0 Å². The van der Waals surface area contributed by atoms with Gasteiger partial charge in [-0.25, -0.2) is 4.79 Å². The fraction of sp³-hybridized carbons (Fsp3) is 0.889. The Balaban J connectivity index is 3.60. The highest BCUT2D eigenvalue weighted by atomic mass is 16.5. The molecule has 13 heavy (non-hydrogen) atoms. The Hall–Kier alpha value is -0.610. The fourth-order valence-corrected chi connectivity index (χ4v) is 0.650. The molecule has 1 unspecified atom stereocenters. The molecule has 1 atom stereocenters. The summed E-state index contributed by atoms with van der Waals surface area (Å²) in [5, 5.41) is 8.96. The molecule has 0 rings (SSSR count). The first-order valence-corrected chi connectivity index (χ1v) is 4.41. The number of aliphatic hydroxyl groups is 1. The number of esters is 1. The molecule has 0 fully saturated rings. The minimum absolute atomic E-state index is 0.0889. The maximum atomic E-state index is 10.9. The van der Waals surface area contributed by atoms with Crippen molar-refractivity contribution in [1.29, 1.82) is 0 Å². The van der Waals surface area contributed by atoms with Crippen molar-refractivity contribution in [3.8, 4) is 0 Å². The molecule has 0 aromatic carbocycles. The summed E-state index contributed by atoms with van der Waals surface area (Å²) < 4.78 is 4.80. The zero-order valence-corrected chi connectivity index (χ0v) is 8.54. The molecule has 0 aliphatic carbocycles. The summed E-state index contributed by atoms with van der Waals surface area (Å²) in [6.45, 7) is 6.41.